The summed E-state index contributed by atoms with van der Waals surface area (Å²) in [6.07, 6.45) is 1.88. The number of aryl methyl sites for hydroxylation is 1. The predicted octanol–water partition coefficient (Wildman–Crippen LogP) is 4.28. The number of benzene rings is 1. The lowest BCUT2D eigenvalue weighted by Crippen LogP contribution is -2.10. The van der Waals surface area contributed by atoms with Crippen molar-refractivity contribution in [1.29, 1.82) is 0 Å². The molecule has 3 heteroatoms. The zero-order chi connectivity index (χ0) is 15.6. The Kier molecular flexibility index (Phi) is 4.31. The van der Waals surface area contributed by atoms with E-state index in [1.54, 1.807) is 0 Å². The maximum atomic E-state index is 6.04. The van der Waals surface area contributed by atoms with Gasteiger partial charge in [0.05, 0.1) is 5.69 Å². The molecule has 0 aliphatic carbocycles. The number of rotatable bonds is 3. The lowest BCUT2D eigenvalue weighted by atomic mass is 9.86. The Bertz CT molecular complexity index is 622. The first-order chi connectivity index (χ1) is 9.82. The number of anilines is 1. The van der Waals surface area contributed by atoms with Crippen LogP contribution in [0, 0.1) is 6.92 Å². The largest absolute Gasteiger partial charge is 0.383 e. The first-order valence-electron chi connectivity index (χ1n) is 7.57. The lowest BCUT2D eigenvalue weighted by Gasteiger charge is -2.19. The fraction of sp³-hybridized carbons (Fsp3) is 0.444. The topological polar surface area (TPSA) is 51.8 Å². The van der Waals surface area contributed by atoms with Crippen LogP contribution in [0.3, 0.4) is 0 Å². The molecule has 0 bridgehead atoms. The van der Waals surface area contributed by atoms with Gasteiger partial charge in [0.1, 0.15) is 11.6 Å². The summed E-state index contributed by atoms with van der Waals surface area (Å²) in [7, 11) is 0. The van der Waals surface area contributed by atoms with Gasteiger partial charge in [-0.1, -0.05) is 52.0 Å². The molecule has 2 rings (SSSR count). The molecule has 0 fully saturated rings. The molecule has 0 atom stereocenters. The summed E-state index contributed by atoms with van der Waals surface area (Å²) in [6, 6.07) is 8.61. The highest BCUT2D eigenvalue weighted by Gasteiger charge is 2.15. The summed E-state index contributed by atoms with van der Waals surface area (Å²) in [6.45, 7) is 10.8. The van der Waals surface area contributed by atoms with Gasteiger partial charge in [0, 0.05) is 17.5 Å². The van der Waals surface area contributed by atoms with Gasteiger partial charge < -0.3 is 5.73 Å². The van der Waals surface area contributed by atoms with Crippen molar-refractivity contribution < 1.29 is 0 Å². The molecule has 1 aromatic carbocycles. The van der Waals surface area contributed by atoms with Crippen molar-refractivity contribution in [2.45, 2.75) is 52.9 Å². The molecule has 21 heavy (non-hydrogen) atoms. The van der Waals surface area contributed by atoms with Crippen LogP contribution in [0.15, 0.2) is 24.3 Å². The number of nitrogens with zero attached hydrogens (tertiary/aromatic N) is 2. The van der Waals surface area contributed by atoms with Gasteiger partial charge in [0.2, 0.25) is 0 Å². The van der Waals surface area contributed by atoms with E-state index in [2.05, 4.69) is 56.9 Å². The minimum absolute atomic E-state index is 0.158. The first kappa shape index (κ1) is 15.5. The normalized spacial score (nSPS) is 11.7. The maximum Gasteiger partial charge on any atom is 0.131 e. The minimum atomic E-state index is 0.158. The second kappa shape index (κ2) is 5.84. The van der Waals surface area contributed by atoms with Crippen molar-refractivity contribution in [3.63, 3.8) is 0 Å². The molecule has 0 radical (unpaired) electrons. The van der Waals surface area contributed by atoms with Crippen LogP contribution in [-0.4, -0.2) is 9.97 Å². The quantitative estimate of drug-likeness (QED) is 0.914. The summed E-state index contributed by atoms with van der Waals surface area (Å²) in [5.41, 5.74) is 10.5. The molecule has 0 aliphatic rings. The van der Waals surface area contributed by atoms with Crippen LogP contribution >= 0.6 is 0 Å². The second-order valence-corrected chi connectivity index (χ2v) is 6.58. The average Bonchev–Trinajstić information content (AvgIpc) is 2.42. The fourth-order valence-electron chi connectivity index (χ4n) is 2.33. The average molecular weight is 283 g/mol. The second-order valence-electron chi connectivity index (χ2n) is 6.58. The van der Waals surface area contributed by atoms with Crippen molar-refractivity contribution in [2.24, 2.45) is 0 Å². The molecule has 0 unspecified atom stereocenters. The van der Waals surface area contributed by atoms with Gasteiger partial charge in [0.25, 0.3) is 0 Å². The Labute approximate surface area is 127 Å². The third-order valence-corrected chi connectivity index (χ3v) is 3.73. The molecular weight excluding hydrogens is 258 g/mol. The van der Waals surface area contributed by atoms with Crippen LogP contribution in [-0.2, 0) is 11.8 Å². The van der Waals surface area contributed by atoms with E-state index < -0.39 is 0 Å². The Morgan fingerprint density at radius 2 is 1.67 bits per heavy atom. The van der Waals surface area contributed by atoms with E-state index in [1.165, 1.54) is 5.56 Å². The molecule has 2 aromatic rings. The van der Waals surface area contributed by atoms with Crippen molar-refractivity contribution >= 4 is 5.82 Å². The van der Waals surface area contributed by atoms with Crippen molar-refractivity contribution in [1.82, 2.24) is 9.97 Å². The molecule has 0 aliphatic heterocycles. The molecule has 2 N–H and O–H groups in total. The standard InChI is InChI=1S/C18H25N3/c1-6-7-15-20-16(12(2)17(19)21-15)13-8-10-14(11-9-13)18(3,4)5/h8-11H,6-7H2,1-5H3,(H2,19,20,21). The number of hydrogen-bond acceptors (Lipinski definition) is 3. The highest BCUT2D eigenvalue weighted by atomic mass is 15.0. The molecular formula is C18H25N3. The van der Waals surface area contributed by atoms with Gasteiger partial charge in [0.15, 0.2) is 0 Å². The van der Waals surface area contributed by atoms with Crippen LogP contribution in [0.1, 0.15) is 51.1 Å². The highest BCUT2D eigenvalue weighted by Crippen LogP contribution is 2.28. The van der Waals surface area contributed by atoms with Crippen LogP contribution in [0.4, 0.5) is 5.82 Å². The van der Waals surface area contributed by atoms with Crippen molar-refractivity contribution in [3.05, 3.63) is 41.2 Å². The van der Waals surface area contributed by atoms with E-state index in [1.807, 2.05) is 6.92 Å². The summed E-state index contributed by atoms with van der Waals surface area (Å²) in [5, 5.41) is 0. The van der Waals surface area contributed by atoms with Gasteiger partial charge >= 0.3 is 0 Å². The smallest absolute Gasteiger partial charge is 0.131 e. The minimum Gasteiger partial charge on any atom is -0.383 e. The highest BCUT2D eigenvalue weighted by molar-refractivity contribution is 5.67. The fourth-order valence-corrected chi connectivity index (χ4v) is 2.33. The molecule has 0 spiro atoms. The van der Waals surface area contributed by atoms with Crippen LogP contribution in [0.2, 0.25) is 0 Å². The van der Waals surface area contributed by atoms with E-state index in [-0.39, 0.29) is 5.41 Å². The molecule has 112 valence electrons. The number of aromatic nitrogens is 2. The third kappa shape index (κ3) is 3.41. The van der Waals surface area contributed by atoms with E-state index in [9.17, 15) is 0 Å². The SMILES string of the molecule is CCCc1nc(N)c(C)c(-c2ccc(C(C)(C)C)cc2)n1. The zero-order valence-electron chi connectivity index (χ0n) is 13.7. The first-order valence-corrected chi connectivity index (χ1v) is 7.57. The maximum absolute atomic E-state index is 6.04. The summed E-state index contributed by atoms with van der Waals surface area (Å²) in [5.74, 6) is 1.42. The molecule has 0 amide bonds. The zero-order valence-corrected chi connectivity index (χ0v) is 13.7. The van der Waals surface area contributed by atoms with E-state index in [4.69, 9.17) is 10.7 Å². The Morgan fingerprint density at radius 3 is 2.19 bits per heavy atom. The Morgan fingerprint density at radius 1 is 1.05 bits per heavy atom. The van der Waals surface area contributed by atoms with Crippen molar-refractivity contribution in [2.75, 3.05) is 5.73 Å². The molecule has 1 aromatic heterocycles. The van der Waals surface area contributed by atoms with Gasteiger partial charge in [-0.2, -0.15) is 0 Å². The van der Waals surface area contributed by atoms with Gasteiger partial charge in [-0.05, 0) is 24.3 Å². The third-order valence-electron chi connectivity index (χ3n) is 3.73. The van der Waals surface area contributed by atoms with Crippen molar-refractivity contribution in [3.8, 4) is 11.3 Å². The summed E-state index contributed by atoms with van der Waals surface area (Å²) in [4.78, 5) is 9.07. The summed E-state index contributed by atoms with van der Waals surface area (Å²) < 4.78 is 0. The Balaban J connectivity index is 2.46. The molecule has 1 heterocycles. The molecule has 3 nitrogen and oxygen atoms in total. The Hall–Kier alpha value is -1.90. The van der Waals surface area contributed by atoms with Gasteiger partial charge in [-0.15, -0.1) is 0 Å². The van der Waals surface area contributed by atoms with E-state index in [0.29, 0.717) is 5.82 Å². The number of nitrogen functional groups attached to an aromatic ring is 1. The summed E-state index contributed by atoms with van der Waals surface area (Å²) >= 11 is 0. The van der Waals surface area contributed by atoms with Crippen LogP contribution in [0.5, 0.6) is 0 Å². The molecule has 0 saturated heterocycles. The number of nitrogens with two attached hydrogens (primary N) is 1. The van der Waals surface area contributed by atoms with E-state index in [0.717, 1.165) is 35.5 Å². The van der Waals surface area contributed by atoms with Crippen LogP contribution < -0.4 is 5.73 Å². The van der Waals surface area contributed by atoms with Crippen LogP contribution in [0.25, 0.3) is 11.3 Å². The monoisotopic (exact) mass is 283 g/mol. The molecule has 0 saturated carbocycles. The van der Waals surface area contributed by atoms with Gasteiger partial charge in [-0.25, -0.2) is 9.97 Å². The number of hydrogen-bond donors (Lipinski definition) is 1. The van der Waals surface area contributed by atoms with E-state index >= 15 is 0 Å². The lowest BCUT2D eigenvalue weighted by molar-refractivity contribution is 0.590. The van der Waals surface area contributed by atoms with Gasteiger partial charge in [-0.3, -0.25) is 0 Å². The predicted molar refractivity (Wildman–Crippen MR) is 89.3 cm³/mol.